The summed E-state index contributed by atoms with van der Waals surface area (Å²) >= 11 is 0. The Balaban J connectivity index is 1.80. The first-order chi connectivity index (χ1) is 15.4. The topological polar surface area (TPSA) is 68.4 Å². The minimum Gasteiger partial charge on any atom is -0.385 e. The molecule has 32 heavy (non-hydrogen) atoms. The lowest BCUT2D eigenvalue weighted by molar-refractivity contribution is -0.170. The first-order valence-corrected chi connectivity index (χ1v) is 11.1. The first kappa shape index (κ1) is 17.2. The van der Waals surface area contributed by atoms with Crippen molar-refractivity contribution in [2.45, 2.75) is 44.4 Å². The standard InChI is InChI=1S/C26H21N3O3/c1-25(31)11-18-28-16-9-5-3-7-13(16)20-21-15(12-27-24(21)30)19-14-8-4-6-10-17(14)29(23(19)22(20)28)26(25,2)32-18/h3-10,18,31H,11-12H2,1-2H3,(H,27,30)/t18-,25+,26+/m1/s1. The van der Waals surface area contributed by atoms with Crippen LogP contribution in [0.3, 0.4) is 0 Å². The Hall–Kier alpha value is -3.35. The lowest BCUT2D eigenvalue weighted by Gasteiger charge is -2.37. The van der Waals surface area contributed by atoms with Crippen molar-refractivity contribution in [3.8, 4) is 0 Å². The van der Waals surface area contributed by atoms with Crippen LogP contribution in [0.15, 0.2) is 48.5 Å². The van der Waals surface area contributed by atoms with Gasteiger partial charge in [0.2, 0.25) is 0 Å². The third-order valence-electron chi connectivity index (χ3n) is 8.17. The molecule has 6 nitrogen and oxygen atoms in total. The molecule has 3 aliphatic rings. The summed E-state index contributed by atoms with van der Waals surface area (Å²) in [6.07, 6.45) is 0.135. The predicted octanol–water partition coefficient (Wildman–Crippen LogP) is 4.50. The molecule has 1 amide bonds. The van der Waals surface area contributed by atoms with Gasteiger partial charge in [0, 0.05) is 34.5 Å². The highest BCUT2D eigenvalue weighted by Crippen LogP contribution is 2.57. The van der Waals surface area contributed by atoms with Crippen LogP contribution in [0.4, 0.5) is 0 Å². The smallest absolute Gasteiger partial charge is 0.252 e. The van der Waals surface area contributed by atoms with Crippen LogP contribution in [-0.4, -0.2) is 25.7 Å². The van der Waals surface area contributed by atoms with E-state index in [-0.39, 0.29) is 12.1 Å². The van der Waals surface area contributed by atoms with Crippen LogP contribution < -0.4 is 5.32 Å². The molecule has 0 unspecified atom stereocenters. The number of carbonyl (C=O) groups excluding carboxylic acids is 1. The molecule has 6 heteroatoms. The van der Waals surface area contributed by atoms with Gasteiger partial charge in [0.05, 0.1) is 27.6 Å². The third-order valence-corrected chi connectivity index (χ3v) is 8.17. The third kappa shape index (κ3) is 1.60. The quantitative estimate of drug-likeness (QED) is 0.385. The van der Waals surface area contributed by atoms with Gasteiger partial charge in [-0.1, -0.05) is 36.4 Å². The van der Waals surface area contributed by atoms with Gasteiger partial charge in [-0.2, -0.15) is 0 Å². The molecule has 158 valence electrons. The minimum atomic E-state index is -1.07. The second-order valence-corrected chi connectivity index (χ2v) is 9.76. The molecule has 3 aromatic carbocycles. The Labute approximate surface area is 183 Å². The zero-order valence-electron chi connectivity index (χ0n) is 17.8. The number of aliphatic hydroxyl groups is 1. The fourth-order valence-corrected chi connectivity index (χ4v) is 6.62. The van der Waals surface area contributed by atoms with Gasteiger partial charge in [-0.05, 0) is 31.5 Å². The lowest BCUT2D eigenvalue weighted by Crippen LogP contribution is -2.48. The minimum absolute atomic E-state index is 0.0184. The second-order valence-electron chi connectivity index (χ2n) is 9.76. The summed E-state index contributed by atoms with van der Waals surface area (Å²) < 4.78 is 11.2. The van der Waals surface area contributed by atoms with Crippen molar-refractivity contribution in [2.24, 2.45) is 0 Å². The van der Waals surface area contributed by atoms with Crippen molar-refractivity contribution in [2.75, 3.05) is 0 Å². The SMILES string of the molecule is C[C@]1(O)C[C@H]2O[C@]1(C)n1c3ccccc3c3c4c(c5c6ccccc6n2c5c31)C(=O)NC4. The van der Waals surface area contributed by atoms with E-state index in [2.05, 4.69) is 38.7 Å². The summed E-state index contributed by atoms with van der Waals surface area (Å²) in [7, 11) is 0. The van der Waals surface area contributed by atoms with Gasteiger partial charge in [-0.25, -0.2) is 0 Å². The maximum atomic E-state index is 13.2. The average molecular weight is 423 g/mol. The Bertz CT molecular complexity index is 1710. The zero-order valence-corrected chi connectivity index (χ0v) is 17.8. The number of rotatable bonds is 0. The van der Waals surface area contributed by atoms with Gasteiger partial charge in [0.1, 0.15) is 11.8 Å². The summed E-state index contributed by atoms with van der Waals surface area (Å²) in [5.74, 6) is -0.0184. The van der Waals surface area contributed by atoms with Crippen LogP contribution in [0, 0.1) is 0 Å². The molecule has 0 aliphatic carbocycles. The van der Waals surface area contributed by atoms with Gasteiger partial charge in [0.25, 0.3) is 5.91 Å². The van der Waals surface area contributed by atoms with Crippen LogP contribution >= 0.6 is 0 Å². The van der Waals surface area contributed by atoms with Gasteiger partial charge >= 0.3 is 0 Å². The Kier molecular flexibility index (Phi) is 2.69. The van der Waals surface area contributed by atoms with E-state index < -0.39 is 11.3 Å². The van der Waals surface area contributed by atoms with E-state index in [4.69, 9.17) is 4.74 Å². The number of nitrogens with one attached hydrogen (secondary N) is 1. The molecule has 2 aromatic heterocycles. The molecule has 2 N–H and O–H groups in total. The molecule has 0 saturated carbocycles. The van der Waals surface area contributed by atoms with E-state index in [0.717, 1.165) is 54.7 Å². The number of carbonyl (C=O) groups is 1. The summed E-state index contributed by atoms with van der Waals surface area (Å²) in [5.41, 5.74) is 3.90. The number of hydrogen-bond acceptors (Lipinski definition) is 3. The highest BCUT2D eigenvalue weighted by atomic mass is 16.6. The number of amides is 1. The molecule has 5 heterocycles. The van der Waals surface area contributed by atoms with E-state index in [1.807, 2.05) is 38.1 Å². The van der Waals surface area contributed by atoms with E-state index in [1.54, 1.807) is 0 Å². The van der Waals surface area contributed by atoms with Crippen LogP contribution in [0.25, 0.3) is 43.6 Å². The van der Waals surface area contributed by atoms with Crippen molar-refractivity contribution in [1.82, 2.24) is 14.5 Å². The van der Waals surface area contributed by atoms with Crippen LogP contribution in [0.5, 0.6) is 0 Å². The Morgan fingerprint density at radius 1 is 1.00 bits per heavy atom. The summed E-state index contributed by atoms with van der Waals surface area (Å²) in [6, 6.07) is 16.5. The van der Waals surface area contributed by atoms with Crippen molar-refractivity contribution >= 4 is 49.5 Å². The van der Waals surface area contributed by atoms with Crippen LogP contribution in [0.2, 0.25) is 0 Å². The molecule has 2 bridgehead atoms. The van der Waals surface area contributed by atoms with E-state index in [9.17, 15) is 9.90 Å². The largest absolute Gasteiger partial charge is 0.385 e. The number of aromatic nitrogens is 2. The highest BCUT2D eigenvalue weighted by Gasteiger charge is 2.58. The number of hydrogen-bond donors (Lipinski definition) is 2. The lowest BCUT2D eigenvalue weighted by atomic mass is 9.91. The van der Waals surface area contributed by atoms with E-state index in [0.29, 0.717) is 13.0 Å². The van der Waals surface area contributed by atoms with E-state index in [1.165, 1.54) is 0 Å². The molecule has 0 radical (unpaired) electrons. The maximum absolute atomic E-state index is 13.2. The monoisotopic (exact) mass is 423 g/mol. The zero-order chi connectivity index (χ0) is 21.6. The fourth-order valence-electron chi connectivity index (χ4n) is 6.62. The second kappa shape index (κ2) is 5.00. The average Bonchev–Trinajstić information content (AvgIpc) is 3.45. The number of ether oxygens (including phenoxy) is 1. The summed E-state index contributed by atoms with van der Waals surface area (Å²) in [6.45, 7) is 4.38. The van der Waals surface area contributed by atoms with Gasteiger partial charge < -0.3 is 24.3 Å². The predicted molar refractivity (Wildman–Crippen MR) is 123 cm³/mol. The number of benzene rings is 3. The fraction of sp³-hybridized carbons (Fsp3) is 0.269. The normalized spacial score (nSPS) is 28.3. The molecule has 0 spiro atoms. The van der Waals surface area contributed by atoms with Crippen molar-refractivity contribution in [1.29, 1.82) is 0 Å². The van der Waals surface area contributed by atoms with Gasteiger partial charge in [0.15, 0.2) is 5.72 Å². The molecule has 1 saturated heterocycles. The van der Waals surface area contributed by atoms with E-state index >= 15 is 0 Å². The molecule has 8 rings (SSSR count). The van der Waals surface area contributed by atoms with Crippen LogP contribution in [-0.2, 0) is 17.0 Å². The molecule has 3 aliphatic heterocycles. The molecular formula is C26H21N3O3. The molecule has 5 aromatic rings. The first-order valence-electron chi connectivity index (χ1n) is 11.1. The number of fused-ring (bicyclic) bond motifs is 13. The Morgan fingerprint density at radius 2 is 1.69 bits per heavy atom. The molecular weight excluding hydrogens is 402 g/mol. The van der Waals surface area contributed by atoms with Crippen LogP contribution in [0.1, 0.15) is 42.4 Å². The Morgan fingerprint density at radius 3 is 2.47 bits per heavy atom. The van der Waals surface area contributed by atoms with Gasteiger partial charge in [-0.3, -0.25) is 4.79 Å². The molecule has 3 atom stereocenters. The van der Waals surface area contributed by atoms with Crippen molar-refractivity contribution in [3.05, 3.63) is 59.7 Å². The summed E-state index contributed by atoms with van der Waals surface area (Å²) in [5, 5.41) is 19.0. The van der Waals surface area contributed by atoms with Crippen molar-refractivity contribution in [3.63, 3.8) is 0 Å². The number of nitrogens with zero attached hydrogens (tertiary/aromatic N) is 2. The van der Waals surface area contributed by atoms with Crippen molar-refractivity contribution < 1.29 is 14.6 Å². The highest BCUT2D eigenvalue weighted by molar-refractivity contribution is 6.31. The van der Waals surface area contributed by atoms with Gasteiger partial charge in [-0.15, -0.1) is 0 Å². The maximum Gasteiger partial charge on any atom is 0.252 e. The summed E-state index contributed by atoms with van der Waals surface area (Å²) in [4.78, 5) is 13.2. The molecule has 1 fully saturated rings. The number of para-hydroxylation sites is 2.